The topological polar surface area (TPSA) is 18.5 Å². The largest absolute Gasteiger partial charge is 0.406 e. The van der Waals surface area contributed by atoms with Crippen molar-refractivity contribution in [2.24, 2.45) is 5.41 Å². The van der Waals surface area contributed by atoms with E-state index in [-0.39, 0.29) is 17.1 Å². The molecule has 0 saturated carbocycles. The van der Waals surface area contributed by atoms with Crippen molar-refractivity contribution in [1.29, 1.82) is 0 Å². The third-order valence-electron chi connectivity index (χ3n) is 3.75. The fraction of sp³-hybridized carbons (Fsp3) is 0.625. The third kappa shape index (κ3) is 2.78. The minimum absolute atomic E-state index is 0.0559. The first-order valence-corrected chi connectivity index (χ1v) is 10.4. The lowest BCUT2D eigenvalue weighted by atomic mass is 9.69. The van der Waals surface area contributed by atoms with Crippen molar-refractivity contribution < 1.29 is 9.16 Å². The molecular formula is C16H26O2Si. The fourth-order valence-corrected chi connectivity index (χ4v) is 4.27. The molecule has 0 unspecified atom stereocenters. The Labute approximate surface area is 118 Å². The van der Waals surface area contributed by atoms with Gasteiger partial charge in [-0.05, 0) is 30.6 Å². The average Bonchev–Trinajstić information content (AvgIpc) is 2.23. The Bertz CT molecular complexity index is 430. The molecule has 0 bridgehead atoms. The molecule has 0 amide bonds. The second kappa shape index (κ2) is 4.72. The maximum atomic E-state index is 6.61. The lowest BCUT2D eigenvalue weighted by Gasteiger charge is -2.58. The van der Waals surface area contributed by atoms with Crippen molar-refractivity contribution in [3.63, 3.8) is 0 Å². The van der Waals surface area contributed by atoms with Crippen LogP contribution in [0.4, 0.5) is 0 Å². The summed E-state index contributed by atoms with van der Waals surface area (Å²) in [4.78, 5) is 0. The Kier molecular flexibility index (Phi) is 3.67. The van der Waals surface area contributed by atoms with Crippen LogP contribution in [0.5, 0.6) is 0 Å². The smallest absolute Gasteiger partial charge is 0.184 e. The molecule has 1 aromatic rings. The van der Waals surface area contributed by atoms with Crippen LogP contribution in [0.15, 0.2) is 30.3 Å². The van der Waals surface area contributed by atoms with Gasteiger partial charge in [-0.3, -0.25) is 0 Å². The maximum Gasteiger partial charge on any atom is 0.184 e. The molecule has 19 heavy (non-hydrogen) atoms. The van der Waals surface area contributed by atoms with Gasteiger partial charge in [-0.2, -0.15) is 0 Å². The van der Waals surface area contributed by atoms with Crippen molar-refractivity contribution in [2.45, 2.75) is 52.1 Å². The van der Waals surface area contributed by atoms with E-state index in [1.165, 1.54) is 5.56 Å². The van der Waals surface area contributed by atoms with E-state index in [2.05, 4.69) is 64.7 Å². The van der Waals surface area contributed by atoms with E-state index >= 15 is 0 Å². The van der Waals surface area contributed by atoms with Crippen LogP contribution < -0.4 is 0 Å². The van der Waals surface area contributed by atoms with Gasteiger partial charge < -0.3 is 9.16 Å². The predicted octanol–water partition coefficient (Wildman–Crippen LogP) is 4.39. The van der Waals surface area contributed by atoms with E-state index in [9.17, 15) is 0 Å². The molecule has 1 heterocycles. The highest BCUT2D eigenvalue weighted by Gasteiger charge is 2.59. The van der Waals surface area contributed by atoms with E-state index in [1.807, 2.05) is 6.07 Å². The summed E-state index contributed by atoms with van der Waals surface area (Å²) in [7, 11) is -1.63. The Balaban J connectivity index is 2.35. The molecular weight excluding hydrogens is 252 g/mol. The lowest BCUT2D eigenvalue weighted by Crippen LogP contribution is -2.65. The molecule has 1 saturated heterocycles. The van der Waals surface area contributed by atoms with Gasteiger partial charge in [0.15, 0.2) is 8.32 Å². The van der Waals surface area contributed by atoms with E-state index < -0.39 is 8.32 Å². The molecule has 0 spiro atoms. The van der Waals surface area contributed by atoms with Crippen LogP contribution in [0.2, 0.25) is 19.6 Å². The molecule has 0 radical (unpaired) electrons. The van der Waals surface area contributed by atoms with Crippen LogP contribution in [0.25, 0.3) is 0 Å². The molecule has 1 aliphatic heterocycles. The molecule has 3 heteroatoms. The van der Waals surface area contributed by atoms with Gasteiger partial charge in [0.25, 0.3) is 0 Å². The van der Waals surface area contributed by atoms with Crippen LogP contribution in [-0.4, -0.2) is 20.5 Å². The summed E-state index contributed by atoms with van der Waals surface area (Å²) < 4.78 is 12.5. The quantitative estimate of drug-likeness (QED) is 0.763. The second-order valence-electron chi connectivity index (χ2n) is 7.46. The zero-order valence-corrected chi connectivity index (χ0v) is 14.0. The van der Waals surface area contributed by atoms with Gasteiger partial charge in [-0.25, -0.2) is 0 Å². The minimum atomic E-state index is -1.63. The van der Waals surface area contributed by atoms with Gasteiger partial charge in [-0.1, -0.05) is 51.1 Å². The molecule has 1 aromatic carbocycles. The zero-order valence-electron chi connectivity index (χ0n) is 13.0. The number of ether oxygens (including phenoxy) is 1. The first kappa shape index (κ1) is 14.8. The highest BCUT2D eigenvalue weighted by Crippen LogP contribution is 2.53. The van der Waals surface area contributed by atoms with E-state index in [1.54, 1.807) is 0 Å². The van der Waals surface area contributed by atoms with E-state index in [0.717, 1.165) is 0 Å². The first-order chi connectivity index (χ1) is 8.66. The molecule has 2 rings (SSSR count). The summed E-state index contributed by atoms with van der Waals surface area (Å²) in [6, 6.07) is 10.5. The molecule has 2 atom stereocenters. The van der Waals surface area contributed by atoms with Gasteiger partial charge in [-0.15, -0.1) is 0 Å². The standard InChI is InChI=1S/C16H26O2Si/c1-15(2,3)16(18-19(4,5)6)12-17-14(16)13-10-8-7-9-11-13/h7-11,14H,12H2,1-6H3/t14-,16+/m1/s1. The predicted molar refractivity (Wildman–Crippen MR) is 81.8 cm³/mol. The van der Waals surface area contributed by atoms with Gasteiger partial charge >= 0.3 is 0 Å². The Morgan fingerprint density at radius 3 is 2.11 bits per heavy atom. The molecule has 1 fully saturated rings. The third-order valence-corrected chi connectivity index (χ3v) is 4.72. The molecule has 0 N–H and O–H groups in total. The Hall–Kier alpha value is -0.643. The summed E-state index contributed by atoms with van der Waals surface area (Å²) in [5.74, 6) is 0. The SMILES string of the molecule is CC(C)(C)[C@]1(O[Si](C)(C)C)CO[C@@H]1c1ccccc1. The Morgan fingerprint density at radius 1 is 1.16 bits per heavy atom. The second-order valence-corrected chi connectivity index (χ2v) is 11.9. The minimum Gasteiger partial charge on any atom is -0.406 e. The fourth-order valence-electron chi connectivity index (χ4n) is 2.70. The van der Waals surface area contributed by atoms with Crippen LogP contribution in [0.3, 0.4) is 0 Å². The summed E-state index contributed by atoms with van der Waals surface area (Å²) in [5, 5.41) is 0. The summed E-state index contributed by atoms with van der Waals surface area (Å²) in [5.41, 5.74) is 1.09. The maximum absolute atomic E-state index is 6.61. The van der Waals surface area contributed by atoms with Crippen molar-refractivity contribution in [1.82, 2.24) is 0 Å². The molecule has 0 aromatic heterocycles. The first-order valence-electron chi connectivity index (χ1n) is 7.02. The van der Waals surface area contributed by atoms with Gasteiger partial charge in [0.1, 0.15) is 11.7 Å². The average molecular weight is 278 g/mol. The molecule has 106 valence electrons. The van der Waals surface area contributed by atoms with Gasteiger partial charge in [0.05, 0.1) is 6.61 Å². The van der Waals surface area contributed by atoms with Crippen LogP contribution in [0.1, 0.15) is 32.4 Å². The van der Waals surface area contributed by atoms with Crippen molar-refractivity contribution in [3.05, 3.63) is 35.9 Å². The van der Waals surface area contributed by atoms with E-state index in [4.69, 9.17) is 9.16 Å². The Morgan fingerprint density at radius 2 is 1.74 bits per heavy atom. The van der Waals surface area contributed by atoms with Crippen LogP contribution in [0, 0.1) is 5.41 Å². The van der Waals surface area contributed by atoms with Crippen molar-refractivity contribution in [3.8, 4) is 0 Å². The summed E-state index contributed by atoms with van der Waals surface area (Å²) in [6.45, 7) is 14.2. The number of benzene rings is 1. The van der Waals surface area contributed by atoms with Crippen LogP contribution >= 0.6 is 0 Å². The van der Waals surface area contributed by atoms with Crippen molar-refractivity contribution in [2.75, 3.05) is 6.61 Å². The normalized spacial score (nSPS) is 28.0. The van der Waals surface area contributed by atoms with Gasteiger partial charge in [0.2, 0.25) is 0 Å². The number of hydrogen-bond donors (Lipinski definition) is 0. The highest BCUT2D eigenvalue weighted by molar-refractivity contribution is 6.69. The number of hydrogen-bond acceptors (Lipinski definition) is 2. The van der Waals surface area contributed by atoms with Gasteiger partial charge in [0, 0.05) is 0 Å². The molecule has 2 nitrogen and oxygen atoms in total. The zero-order chi connectivity index (χ0) is 14.3. The van der Waals surface area contributed by atoms with Crippen molar-refractivity contribution >= 4 is 8.32 Å². The summed E-state index contributed by atoms with van der Waals surface area (Å²) >= 11 is 0. The van der Waals surface area contributed by atoms with E-state index in [0.29, 0.717) is 6.61 Å². The lowest BCUT2D eigenvalue weighted by molar-refractivity contribution is -0.274. The molecule has 0 aliphatic carbocycles. The highest BCUT2D eigenvalue weighted by atomic mass is 28.4. The summed E-state index contributed by atoms with van der Waals surface area (Å²) in [6.07, 6.45) is 0.0559. The van der Waals surface area contributed by atoms with Crippen LogP contribution in [-0.2, 0) is 9.16 Å². The molecule has 1 aliphatic rings. The monoisotopic (exact) mass is 278 g/mol. The number of rotatable bonds is 3.